The lowest BCUT2D eigenvalue weighted by Gasteiger charge is -2.29. The summed E-state index contributed by atoms with van der Waals surface area (Å²) < 4.78 is 5.72. The number of aromatic nitrogens is 1. The van der Waals surface area contributed by atoms with Crippen molar-refractivity contribution in [2.45, 2.75) is 56.3 Å². The molecule has 2 atom stereocenters. The van der Waals surface area contributed by atoms with Gasteiger partial charge < -0.3 is 10.1 Å². The fourth-order valence-corrected chi connectivity index (χ4v) is 4.36. The summed E-state index contributed by atoms with van der Waals surface area (Å²) in [5.41, 5.74) is 0.706. The van der Waals surface area contributed by atoms with Gasteiger partial charge in [-0.1, -0.05) is 31.5 Å². The highest BCUT2D eigenvalue weighted by Gasteiger charge is 2.22. The van der Waals surface area contributed by atoms with Gasteiger partial charge in [-0.15, -0.1) is 11.3 Å². The predicted octanol–water partition coefficient (Wildman–Crippen LogP) is 3.04. The third kappa shape index (κ3) is 6.14. The molecular formula is C16H24N2O3S2. The average molecular weight is 357 g/mol. The van der Waals surface area contributed by atoms with E-state index < -0.39 is 0 Å². The van der Waals surface area contributed by atoms with Crippen molar-refractivity contribution < 1.29 is 14.3 Å². The molecule has 1 fully saturated rings. The molecule has 1 aromatic rings. The fourth-order valence-electron chi connectivity index (χ4n) is 2.70. The second-order valence-corrected chi connectivity index (χ2v) is 7.89. The summed E-state index contributed by atoms with van der Waals surface area (Å²) in [4.78, 5) is 27.8. The number of nitrogens with one attached hydrogen (secondary N) is 1. The molecule has 1 saturated carbocycles. The Kier molecular flexibility index (Phi) is 7.36. The number of hydrogen-bond donors (Lipinski definition) is 1. The van der Waals surface area contributed by atoms with Crippen LogP contribution in [0.1, 0.15) is 45.2 Å². The molecule has 0 bridgehead atoms. The van der Waals surface area contributed by atoms with Gasteiger partial charge in [-0.3, -0.25) is 9.59 Å². The topological polar surface area (TPSA) is 68.3 Å². The minimum absolute atomic E-state index is 0.0656. The predicted molar refractivity (Wildman–Crippen MR) is 92.7 cm³/mol. The number of hydrogen-bond acceptors (Lipinski definition) is 6. The van der Waals surface area contributed by atoms with Crippen LogP contribution in [0.4, 0.5) is 0 Å². The Labute approximate surface area is 145 Å². The van der Waals surface area contributed by atoms with Crippen LogP contribution in [0, 0.1) is 5.92 Å². The van der Waals surface area contributed by atoms with E-state index >= 15 is 0 Å². The van der Waals surface area contributed by atoms with Gasteiger partial charge in [-0.05, 0) is 25.7 Å². The summed E-state index contributed by atoms with van der Waals surface area (Å²) in [5, 5.41) is 4.99. The number of carbonyl (C=O) groups excluding carboxylic acids is 2. The largest absolute Gasteiger partial charge is 0.466 e. The molecule has 1 aliphatic carbocycles. The lowest BCUT2D eigenvalue weighted by atomic mass is 9.86. The van der Waals surface area contributed by atoms with Gasteiger partial charge in [-0.25, -0.2) is 4.98 Å². The van der Waals surface area contributed by atoms with Crippen LogP contribution in [0.5, 0.6) is 0 Å². The maximum Gasteiger partial charge on any atom is 0.311 e. The van der Waals surface area contributed by atoms with Gasteiger partial charge >= 0.3 is 5.97 Å². The third-order valence-electron chi connectivity index (χ3n) is 3.95. The zero-order chi connectivity index (χ0) is 16.7. The molecule has 23 heavy (non-hydrogen) atoms. The molecule has 128 valence electrons. The van der Waals surface area contributed by atoms with Crippen molar-refractivity contribution in [2.75, 3.05) is 12.4 Å². The van der Waals surface area contributed by atoms with Gasteiger partial charge in [-0.2, -0.15) is 0 Å². The third-order valence-corrected chi connectivity index (χ3v) is 6.02. The number of nitrogens with zero attached hydrogens (tertiary/aromatic N) is 1. The van der Waals surface area contributed by atoms with Gasteiger partial charge in [0.15, 0.2) is 4.34 Å². The summed E-state index contributed by atoms with van der Waals surface area (Å²) in [7, 11) is 0. The molecule has 0 spiro atoms. The van der Waals surface area contributed by atoms with E-state index in [4.69, 9.17) is 4.74 Å². The molecule has 1 aliphatic rings. The Balaban J connectivity index is 1.74. The van der Waals surface area contributed by atoms with Crippen molar-refractivity contribution >= 4 is 35.0 Å². The van der Waals surface area contributed by atoms with Gasteiger partial charge in [0.1, 0.15) is 0 Å². The summed E-state index contributed by atoms with van der Waals surface area (Å²) >= 11 is 2.89. The summed E-state index contributed by atoms with van der Waals surface area (Å²) in [6.45, 7) is 4.37. The van der Waals surface area contributed by atoms with Crippen molar-refractivity contribution in [3.8, 4) is 0 Å². The smallest absolute Gasteiger partial charge is 0.311 e. The average Bonchev–Trinajstić information content (AvgIpc) is 2.95. The fraction of sp³-hybridized carbons (Fsp3) is 0.688. The Hall–Kier alpha value is -1.08. The number of carbonyl (C=O) groups is 2. The molecule has 0 radical (unpaired) electrons. The Morgan fingerprint density at radius 1 is 1.43 bits per heavy atom. The maximum absolute atomic E-state index is 12.1. The van der Waals surface area contributed by atoms with E-state index in [2.05, 4.69) is 17.2 Å². The second kappa shape index (κ2) is 9.27. The maximum atomic E-state index is 12.1. The molecule has 1 aromatic heterocycles. The SMILES string of the molecule is CCOC(=O)Cc1csc(SCC(=O)N[C@@H]2CCCC[C@H]2C)n1. The molecule has 0 saturated heterocycles. The van der Waals surface area contributed by atoms with Crippen LogP contribution < -0.4 is 5.32 Å². The first-order valence-corrected chi connectivity index (χ1v) is 9.97. The highest BCUT2D eigenvalue weighted by atomic mass is 32.2. The molecule has 2 rings (SSSR count). The quantitative estimate of drug-likeness (QED) is 0.601. The zero-order valence-electron chi connectivity index (χ0n) is 13.7. The van der Waals surface area contributed by atoms with Crippen molar-refractivity contribution in [2.24, 2.45) is 5.92 Å². The zero-order valence-corrected chi connectivity index (χ0v) is 15.3. The number of ether oxygens (including phenoxy) is 1. The van der Waals surface area contributed by atoms with E-state index in [1.165, 1.54) is 42.4 Å². The van der Waals surface area contributed by atoms with Gasteiger partial charge in [0, 0.05) is 11.4 Å². The second-order valence-electron chi connectivity index (χ2n) is 5.81. The molecule has 1 N–H and O–H groups in total. The molecule has 7 heteroatoms. The van der Waals surface area contributed by atoms with E-state index in [-0.39, 0.29) is 18.3 Å². The standard InChI is InChI=1S/C16H24N2O3S2/c1-3-21-15(20)8-12-9-22-16(17-12)23-10-14(19)18-13-7-5-4-6-11(13)2/h9,11,13H,3-8,10H2,1-2H3,(H,18,19)/t11-,13-/m1/s1. The first kappa shape index (κ1) is 18.3. The van der Waals surface area contributed by atoms with Crippen LogP contribution in [0.2, 0.25) is 0 Å². The Morgan fingerprint density at radius 3 is 2.96 bits per heavy atom. The van der Waals surface area contributed by atoms with Gasteiger partial charge in [0.05, 0.1) is 24.5 Å². The van der Waals surface area contributed by atoms with E-state index in [9.17, 15) is 9.59 Å². The molecule has 5 nitrogen and oxygen atoms in total. The molecule has 1 amide bonds. The van der Waals surface area contributed by atoms with Gasteiger partial charge in [0.2, 0.25) is 5.91 Å². The summed E-state index contributed by atoms with van der Waals surface area (Å²) in [5.74, 6) is 0.735. The first-order chi connectivity index (χ1) is 11.1. The highest BCUT2D eigenvalue weighted by Crippen LogP contribution is 2.25. The van der Waals surface area contributed by atoms with Gasteiger partial charge in [0.25, 0.3) is 0 Å². The van der Waals surface area contributed by atoms with Crippen molar-refractivity contribution in [3.05, 3.63) is 11.1 Å². The highest BCUT2D eigenvalue weighted by molar-refractivity contribution is 8.01. The minimum Gasteiger partial charge on any atom is -0.466 e. The number of thioether (sulfide) groups is 1. The van der Waals surface area contributed by atoms with Crippen LogP contribution in [0.25, 0.3) is 0 Å². The first-order valence-electron chi connectivity index (χ1n) is 8.10. The van der Waals surface area contributed by atoms with Crippen LogP contribution in [0.3, 0.4) is 0 Å². The Bertz CT molecular complexity index is 533. The van der Waals surface area contributed by atoms with E-state index in [0.29, 0.717) is 30.0 Å². The van der Waals surface area contributed by atoms with Crippen LogP contribution in [-0.2, 0) is 20.7 Å². The lowest BCUT2D eigenvalue weighted by Crippen LogP contribution is -2.41. The molecular weight excluding hydrogens is 332 g/mol. The van der Waals surface area contributed by atoms with E-state index in [1.54, 1.807) is 6.92 Å². The lowest BCUT2D eigenvalue weighted by molar-refractivity contribution is -0.142. The molecule has 0 aromatic carbocycles. The Morgan fingerprint density at radius 2 is 2.22 bits per heavy atom. The number of amides is 1. The monoisotopic (exact) mass is 356 g/mol. The van der Waals surface area contributed by atoms with Crippen LogP contribution in [-0.4, -0.2) is 35.3 Å². The molecule has 0 unspecified atom stereocenters. The summed E-state index contributed by atoms with van der Waals surface area (Å²) in [6, 6.07) is 0.313. The number of esters is 1. The van der Waals surface area contributed by atoms with Crippen molar-refractivity contribution in [1.29, 1.82) is 0 Å². The summed E-state index contributed by atoms with van der Waals surface area (Å²) in [6.07, 6.45) is 4.94. The molecule has 1 heterocycles. The number of thiazole rings is 1. The molecule has 0 aliphatic heterocycles. The van der Waals surface area contributed by atoms with Crippen molar-refractivity contribution in [3.63, 3.8) is 0 Å². The normalized spacial score (nSPS) is 21.0. The van der Waals surface area contributed by atoms with Crippen LogP contribution in [0.15, 0.2) is 9.72 Å². The number of rotatable bonds is 7. The van der Waals surface area contributed by atoms with Crippen molar-refractivity contribution in [1.82, 2.24) is 10.3 Å². The minimum atomic E-state index is -0.265. The van der Waals surface area contributed by atoms with E-state index in [1.807, 2.05) is 5.38 Å². The van der Waals surface area contributed by atoms with E-state index in [0.717, 1.165) is 10.8 Å². The van der Waals surface area contributed by atoms with Crippen LogP contribution >= 0.6 is 23.1 Å².